The second-order valence-electron chi connectivity index (χ2n) is 4.66. The Morgan fingerprint density at radius 1 is 1.19 bits per heavy atom. The van der Waals surface area contributed by atoms with Crippen molar-refractivity contribution >= 4 is 11.9 Å². The Hall–Kier alpha value is -2.04. The average Bonchev–Trinajstić information content (AvgIpc) is 2.51. The molecule has 0 aliphatic rings. The Labute approximate surface area is 125 Å². The van der Waals surface area contributed by atoms with E-state index >= 15 is 0 Å². The highest BCUT2D eigenvalue weighted by Crippen LogP contribution is 2.16. The molecule has 1 N–H and O–H groups in total. The zero-order chi connectivity index (χ0) is 15.5. The van der Waals surface area contributed by atoms with Crippen LogP contribution in [0.15, 0.2) is 24.3 Å². The lowest BCUT2D eigenvalue weighted by Gasteiger charge is -2.09. The molecule has 0 spiro atoms. The van der Waals surface area contributed by atoms with Crippen molar-refractivity contribution in [1.82, 2.24) is 5.32 Å². The van der Waals surface area contributed by atoms with E-state index in [1.54, 1.807) is 7.11 Å². The minimum absolute atomic E-state index is 0.0794. The molecule has 0 aromatic heterocycles. The van der Waals surface area contributed by atoms with Gasteiger partial charge in [0.1, 0.15) is 5.75 Å². The predicted molar refractivity (Wildman–Crippen MR) is 79.9 cm³/mol. The van der Waals surface area contributed by atoms with Crippen LogP contribution in [0, 0.1) is 0 Å². The number of carbonyl (C=O) groups is 2. The van der Waals surface area contributed by atoms with Crippen molar-refractivity contribution in [2.45, 2.75) is 39.2 Å². The van der Waals surface area contributed by atoms with E-state index in [9.17, 15) is 9.59 Å². The van der Waals surface area contributed by atoms with Crippen LogP contribution in [0.5, 0.6) is 5.75 Å². The lowest BCUT2D eigenvalue weighted by molar-refractivity contribution is -0.143. The summed E-state index contributed by atoms with van der Waals surface area (Å²) in [6.45, 7) is 2.81. The van der Waals surface area contributed by atoms with Gasteiger partial charge in [-0.3, -0.25) is 9.59 Å². The van der Waals surface area contributed by atoms with Crippen LogP contribution in [-0.4, -0.2) is 25.6 Å². The number of ether oxygens (including phenoxy) is 2. The summed E-state index contributed by atoms with van der Waals surface area (Å²) in [5.41, 5.74) is 0.927. The first kappa shape index (κ1) is 17.0. The normalized spacial score (nSPS) is 10.0. The molecule has 1 aromatic carbocycles. The van der Waals surface area contributed by atoms with Gasteiger partial charge in [0.05, 0.1) is 13.7 Å². The third kappa shape index (κ3) is 6.79. The summed E-state index contributed by atoms with van der Waals surface area (Å²) in [6.07, 6.45) is 1.91. The molecule has 0 heterocycles. The Morgan fingerprint density at radius 3 is 2.67 bits per heavy atom. The van der Waals surface area contributed by atoms with Crippen molar-refractivity contribution < 1.29 is 19.1 Å². The number of rotatable bonds is 9. The number of amides is 1. The van der Waals surface area contributed by atoms with Crippen LogP contribution < -0.4 is 10.1 Å². The van der Waals surface area contributed by atoms with Crippen molar-refractivity contribution in [3.63, 3.8) is 0 Å². The van der Waals surface area contributed by atoms with E-state index in [0.717, 1.165) is 17.7 Å². The van der Waals surface area contributed by atoms with E-state index in [2.05, 4.69) is 5.32 Å². The van der Waals surface area contributed by atoms with Crippen LogP contribution in [-0.2, 0) is 20.9 Å². The van der Waals surface area contributed by atoms with Gasteiger partial charge < -0.3 is 14.8 Å². The molecule has 0 aliphatic heterocycles. The largest absolute Gasteiger partial charge is 0.496 e. The number of carbonyl (C=O) groups excluding carboxylic acids is 2. The molecule has 116 valence electrons. The summed E-state index contributed by atoms with van der Waals surface area (Å²) < 4.78 is 10.2. The first-order chi connectivity index (χ1) is 10.2. The van der Waals surface area contributed by atoms with Crippen molar-refractivity contribution in [2.75, 3.05) is 13.7 Å². The Bertz CT molecular complexity index is 459. The molecule has 0 fully saturated rings. The molecule has 21 heavy (non-hydrogen) atoms. The predicted octanol–water partition coefficient (Wildman–Crippen LogP) is 2.43. The Balaban J connectivity index is 2.24. The summed E-state index contributed by atoms with van der Waals surface area (Å²) in [4.78, 5) is 23.0. The van der Waals surface area contributed by atoms with E-state index in [4.69, 9.17) is 9.47 Å². The third-order valence-electron chi connectivity index (χ3n) is 2.92. The van der Waals surface area contributed by atoms with E-state index < -0.39 is 0 Å². The van der Waals surface area contributed by atoms with Crippen LogP contribution in [0.2, 0.25) is 0 Å². The number of esters is 1. The van der Waals surface area contributed by atoms with Gasteiger partial charge >= 0.3 is 5.97 Å². The zero-order valence-corrected chi connectivity index (χ0v) is 12.7. The molecule has 0 saturated carbocycles. The lowest BCUT2D eigenvalue weighted by Crippen LogP contribution is -2.23. The summed E-state index contributed by atoms with van der Waals surface area (Å²) in [5.74, 6) is 0.430. The lowest BCUT2D eigenvalue weighted by atomic mass is 10.2. The van der Waals surface area contributed by atoms with Gasteiger partial charge in [0, 0.05) is 24.9 Å². The highest BCUT2D eigenvalue weighted by molar-refractivity contribution is 5.77. The molecule has 0 aliphatic carbocycles. The Morgan fingerprint density at radius 2 is 1.95 bits per heavy atom. The minimum Gasteiger partial charge on any atom is -0.496 e. The summed E-state index contributed by atoms with van der Waals surface area (Å²) >= 11 is 0. The highest BCUT2D eigenvalue weighted by atomic mass is 16.5. The quantitative estimate of drug-likeness (QED) is 0.710. The fourth-order valence-corrected chi connectivity index (χ4v) is 1.81. The fourth-order valence-electron chi connectivity index (χ4n) is 1.81. The van der Waals surface area contributed by atoms with Crippen molar-refractivity contribution in [3.8, 4) is 5.75 Å². The number of para-hydroxylation sites is 1. The standard InChI is InChI=1S/C16H23NO4/c1-3-11-21-16(19)10-6-9-15(18)17-12-13-7-4-5-8-14(13)20-2/h4-5,7-8H,3,6,9-12H2,1-2H3,(H,17,18). The topological polar surface area (TPSA) is 64.6 Å². The number of hydrogen-bond donors (Lipinski definition) is 1. The molecule has 1 aromatic rings. The van der Waals surface area contributed by atoms with E-state index in [0.29, 0.717) is 26.0 Å². The maximum Gasteiger partial charge on any atom is 0.305 e. The van der Waals surface area contributed by atoms with Crippen LogP contribution in [0.4, 0.5) is 0 Å². The maximum atomic E-state index is 11.7. The van der Waals surface area contributed by atoms with E-state index in [-0.39, 0.29) is 18.3 Å². The van der Waals surface area contributed by atoms with Crippen LogP contribution in [0.1, 0.15) is 38.2 Å². The number of methoxy groups -OCH3 is 1. The number of hydrogen-bond acceptors (Lipinski definition) is 4. The maximum absolute atomic E-state index is 11.7. The molecule has 0 saturated heterocycles. The van der Waals surface area contributed by atoms with Gasteiger partial charge in [0.25, 0.3) is 0 Å². The van der Waals surface area contributed by atoms with Gasteiger partial charge in [-0.15, -0.1) is 0 Å². The molecular weight excluding hydrogens is 270 g/mol. The van der Waals surface area contributed by atoms with Gasteiger partial charge in [0.2, 0.25) is 5.91 Å². The molecule has 0 unspecified atom stereocenters. The van der Waals surface area contributed by atoms with Gasteiger partial charge in [-0.1, -0.05) is 25.1 Å². The molecule has 0 atom stereocenters. The number of benzene rings is 1. The van der Waals surface area contributed by atoms with Crippen molar-refractivity contribution in [2.24, 2.45) is 0 Å². The molecule has 5 heteroatoms. The van der Waals surface area contributed by atoms with Crippen molar-refractivity contribution in [1.29, 1.82) is 0 Å². The Kier molecular flexibility index (Phi) is 7.94. The smallest absolute Gasteiger partial charge is 0.305 e. The highest BCUT2D eigenvalue weighted by Gasteiger charge is 2.07. The number of nitrogens with one attached hydrogen (secondary N) is 1. The first-order valence-corrected chi connectivity index (χ1v) is 7.21. The van der Waals surface area contributed by atoms with Crippen LogP contribution in [0.3, 0.4) is 0 Å². The third-order valence-corrected chi connectivity index (χ3v) is 2.92. The second-order valence-corrected chi connectivity index (χ2v) is 4.66. The summed E-state index contributed by atoms with van der Waals surface area (Å²) in [7, 11) is 1.60. The molecule has 0 radical (unpaired) electrons. The van der Waals surface area contributed by atoms with E-state index in [1.165, 1.54) is 0 Å². The first-order valence-electron chi connectivity index (χ1n) is 7.21. The monoisotopic (exact) mass is 293 g/mol. The molecule has 1 amide bonds. The zero-order valence-electron chi connectivity index (χ0n) is 12.7. The minimum atomic E-state index is -0.241. The second kappa shape index (κ2) is 9.80. The molecule has 5 nitrogen and oxygen atoms in total. The van der Waals surface area contributed by atoms with Crippen LogP contribution in [0.25, 0.3) is 0 Å². The van der Waals surface area contributed by atoms with Gasteiger partial charge in [-0.25, -0.2) is 0 Å². The van der Waals surface area contributed by atoms with Crippen molar-refractivity contribution in [3.05, 3.63) is 29.8 Å². The van der Waals surface area contributed by atoms with Gasteiger partial charge in [-0.05, 0) is 18.9 Å². The fraction of sp³-hybridized carbons (Fsp3) is 0.500. The summed E-state index contributed by atoms with van der Waals surface area (Å²) in [6, 6.07) is 7.53. The van der Waals surface area contributed by atoms with Gasteiger partial charge in [-0.2, -0.15) is 0 Å². The average molecular weight is 293 g/mol. The van der Waals surface area contributed by atoms with E-state index in [1.807, 2.05) is 31.2 Å². The molecule has 1 rings (SSSR count). The molecular formula is C16H23NO4. The molecule has 0 bridgehead atoms. The van der Waals surface area contributed by atoms with Crippen LogP contribution >= 0.6 is 0 Å². The van der Waals surface area contributed by atoms with Gasteiger partial charge in [0.15, 0.2) is 0 Å². The SMILES string of the molecule is CCCOC(=O)CCCC(=O)NCc1ccccc1OC. The summed E-state index contributed by atoms with van der Waals surface area (Å²) in [5, 5.41) is 2.82.